The minimum atomic E-state index is -0.739. The van der Waals surface area contributed by atoms with E-state index in [0.29, 0.717) is 12.1 Å². The molecule has 0 heterocycles. The van der Waals surface area contributed by atoms with Crippen molar-refractivity contribution >= 4 is 5.91 Å². The van der Waals surface area contributed by atoms with Crippen LogP contribution in [0.3, 0.4) is 0 Å². The molecule has 0 aromatic heterocycles. The largest absolute Gasteiger partial charge is 0.504 e. The van der Waals surface area contributed by atoms with E-state index in [2.05, 4.69) is 0 Å². The summed E-state index contributed by atoms with van der Waals surface area (Å²) >= 11 is 0. The van der Waals surface area contributed by atoms with Gasteiger partial charge in [0.15, 0.2) is 11.5 Å². The van der Waals surface area contributed by atoms with Crippen LogP contribution in [0.5, 0.6) is 11.5 Å². The van der Waals surface area contributed by atoms with Crippen LogP contribution in [0.15, 0.2) is 18.2 Å². The molecule has 0 bridgehead atoms. The Kier molecular flexibility index (Phi) is 6.98. The first-order chi connectivity index (χ1) is 9.99. The van der Waals surface area contributed by atoms with Gasteiger partial charge >= 0.3 is 0 Å². The second kappa shape index (κ2) is 8.49. The van der Waals surface area contributed by atoms with Gasteiger partial charge in [-0.05, 0) is 30.5 Å². The van der Waals surface area contributed by atoms with Gasteiger partial charge in [0.1, 0.15) is 0 Å². The van der Waals surface area contributed by atoms with Gasteiger partial charge in [0.2, 0.25) is 5.91 Å². The Morgan fingerprint density at radius 3 is 2.57 bits per heavy atom. The van der Waals surface area contributed by atoms with Crippen molar-refractivity contribution in [2.75, 3.05) is 19.7 Å². The zero-order valence-electron chi connectivity index (χ0n) is 12.3. The fourth-order valence-corrected chi connectivity index (χ4v) is 2.07. The number of phenols is 2. The highest BCUT2D eigenvalue weighted by molar-refractivity contribution is 5.82. The number of carbonyl (C=O) groups is 1. The van der Waals surface area contributed by atoms with Crippen LogP contribution in [0.1, 0.15) is 25.3 Å². The molecule has 1 rings (SSSR count). The number of aromatic hydroxyl groups is 2. The van der Waals surface area contributed by atoms with Crippen LogP contribution < -0.4 is 5.73 Å². The molecule has 0 saturated heterocycles. The SMILES string of the molecule is CCCCN(CCO)C(=O)[C@@H](N)Cc1ccc(O)c(O)c1. The molecular formula is C15H24N2O4. The molecule has 6 heteroatoms. The fourth-order valence-electron chi connectivity index (χ4n) is 2.07. The van der Waals surface area contributed by atoms with Gasteiger partial charge < -0.3 is 26.0 Å². The number of carbonyl (C=O) groups excluding carboxylic acids is 1. The number of aliphatic hydroxyl groups is 1. The maximum atomic E-state index is 12.3. The third-order valence-electron chi connectivity index (χ3n) is 3.28. The minimum Gasteiger partial charge on any atom is -0.504 e. The van der Waals surface area contributed by atoms with Gasteiger partial charge in [-0.3, -0.25) is 4.79 Å². The summed E-state index contributed by atoms with van der Waals surface area (Å²) in [5.41, 5.74) is 6.60. The van der Waals surface area contributed by atoms with Crippen LogP contribution in [0.4, 0.5) is 0 Å². The van der Waals surface area contributed by atoms with Gasteiger partial charge in [-0.15, -0.1) is 0 Å². The topological polar surface area (TPSA) is 107 Å². The smallest absolute Gasteiger partial charge is 0.239 e. The van der Waals surface area contributed by atoms with Crippen molar-refractivity contribution in [3.63, 3.8) is 0 Å². The van der Waals surface area contributed by atoms with Crippen molar-refractivity contribution in [2.24, 2.45) is 5.73 Å². The number of hydrogen-bond acceptors (Lipinski definition) is 5. The van der Waals surface area contributed by atoms with E-state index in [1.807, 2.05) is 6.92 Å². The van der Waals surface area contributed by atoms with Gasteiger partial charge in [-0.25, -0.2) is 0 Å². The zero-order valence-corrected chi connectivity index (χ0v) is 12.3. The van der Waals surface area contributed by atoms with Crippen molar-refractivity contribution < 1.29 is 20.1 Å². The van der Waals surface area contributed by atoms with E-state index in [-0.39, 0.29) is 37.0 Å². The quantitative estimate of drug-likeness (QED) is 0.525. The van der Waals surface area contributed by atoms with E-state index in [9.17, 15) is 15.0 Å². The van der Waals surface area contributed by atoms with Gasteiger partial charge in [0, 0.05) is 13.1 Å². The number of phenolic OH excluding ortho intramolecular Hbond substituents is 2. The molecule has 118 valence electrons. The first-order valence-corrected chi connectivity index (χ1v) is 7.15. The van der Waals surface area contributed by atoms with Gasteiger partial charge in [0.25, 0.3) is 0 Å². The number of hydrogen-bond donors (Lipinski definition) is 4. The van der Waals surface area contributed by atoms with E-state index >= 15 is 0 Å². The van der Waals surface area contributed by atoms with Crippen molar-refractivity contribution in [3.05, 3.63) is 23.8 Å². The van der Waals surface area contributed by atoms with E-state index in [0.717, 1.165) is 12.8 Å². The molecule has 0 radical (unpaired) electrons. The van der Waals surface area contributed by atoms with E-state index in [4.69, 9.17) is 10.8 Å². The first kappa shape index (κ1) is 17.3. The summed E-state index contributed by atoms with van der Waals surface area (Å²) in [4.78, 5) is 13.8. The predicted octanol–water partition coefficient (Wildman–Crippen LogP) is 0.589. The van der Waals surface area contributed by atoms with Gasteiger partial charge in [-0.2, -0.15) is 0 Å². The highest BCUT2D eigenvalue weighted by atomic mass is 16.3. The maximum Gasteiger partial charge on any atom is 0.239 e. The molecular weight excluding hydrogens is 272 g/mol. The maximum absolute atomic E-state index is 12.3. The van der Waals surface area contributed by atoms with Crippen molar-refractivity contribution in [1.29, 1.82) is 0 Å². The van der Waals surface area contributed by atoms with Crippen molar-refractivity contribution in [2.45, 2.75) is 32.2 Å². The average molecular weight is 296 g/mol. The van der Waals surface area contributed by atoms with Crippen molar-refractivity contribution in [3.8, 4) is 11.5 Å². The summed E-state index contributed by atoms with van der Waals surface area (Å²) in [5, 5.41) is 27.7. The van der Waals surface area contributed by atoms with Crippen LogP contribution >= 0.6 is 0 Å². The van der Waals surface area contributed by atoms with Crippen LogP contribution in [0.2, 0.25) is 0 Å². The molecule has 21 heavy (non-hydrogen) atoms. The molecule has 1 aromatic carbocycles. The molecule has 0 aliphatic heterocycles. The Morgan fingerprint density at radius 2 is 2.00 bits per heavy atom. The van der Waals surface area contributed by atoms with E-state index in [1.54, 1.807) is 11.0 Å². The molecule has 5 N–H and O–H groups in total. The molecule has 1 amide bonds. The standard InChI is InChI=1S/C15H24N2O4/c1-2-3-6-17(7-8-18)15(21)12(16)9-11-4-5-13(19)14(20)10-11/h4-5,10,12,18-20H,2-3,6-9,16H2,1H3/t12-/m0/s1. The second-order valence-corrected chi connectivity index (χ2v) is 5.04. The molecule has 0 fully saturated rings. The summed E-state index contributed by atoms with van der Waals surface area (Å²) in [6, 6.07) is 3.64. The molecule has 6 nitrogen and oxygen atoms in total. The molecule has 0 aliphatic carbocycles. The molecule has 1 atom stereocenters. The number of nitrogens with two attached hydrogens (primary N) is 1. The third-order valence-corrected chi connectivity index (χ3v) is 3.28. The van der Waals surface area contributed by atoms with Gasteiger partial charge in [-0.1, -0.05) is 19.4 Å². The Hall–Kier alpha value is -1.79. The lowest BCUT2D eigenvalue weighted by Gasteiger charge is -2.25. The zero-order chi connectivity index (χ0) is 15.8. The predicted molar refractivity (Wildman–Crippen MR) is 80.0 cm³/mol. The number of rotatable bonds is 8. The molecule has 1 aromatic rings. The fraction of sp³-hybridized carbons (Fsp3) is 0.533. The number of amides is 1. The van der Waals surface area contributed by atoms with Crippen LogP contribution in [-0.4, -0.2) is 51.9 Å². The highest BCUT2D eigenvalue weighted by Crippen LogP contribution is 2.25. The molecule has 0 unspecified atom stereocenters. The molecule has 0 spiro atoms. The monoisotopic (exact) mass is 296 g/mol. The third kappa shape index (κ3) is 5.24. The summed E-state index contributed by atoms with van der Waals surface area (Å²) in [6.07, 6.45) is 2.08. The first-order valence-electron chi connectivity index (χ1n) is 7.15. The summed E-state index contributed by atoms with van der Waals surface area (Å²) in [5.74, 6) is -0.654. The van der Waals surface area contributed by atoms with Crippen LogP contribution in [0, 0.1) is 0 Å². The van der Waals surface area contributed by atoms with Gasteiger partial charge in [0.05, 0.1) is 12.6 Å². The Morgan fingerprint density at radius 1 is 1.29 bits per heavy atom. The summed E-state index contributed by atoms with van der Waals surface area (Å²) in [7, 11) is 0. The highest BCUT2D eigenvalue weighted by Gasteiger charge is 2.21. The van der Waals surface area contributed by atoms with Crippen LogP contribution in [-0.2, 0) is 11.2 Å². The summed E-state index contributed by atoms with van der Waals surface area (Å²) in [6.45, 7) is 2.78. The van der Waals surface area contributed by atoms with Crippen LogP contribution in [0.25, 0.3) is 0 Å². The van der Waals surface area contributed by atoms with Crippen molar-refractivity contribution in [1.82, 2.24) is 4.90 Å². The number of nitrogens with zero attached hydrogens (tertiary/aromatic N) is 1. The number of benzene rings is 1. The number of unbranched alkanes of at least 4 members (excludes halogenated alkanes) is 1. The minimum absolute atomic E-state index is 0.0951. The Balaban J connectivity index is 2.68. The van der Waals surface area contributed by atoms with E-state index in [1.165, 1.54) is 12.1 Å². The normalized spacial score (nSPS) is 12.1. The lowest BCUT2D eigenvalue weighted by Crippen LogP contribution is -2.46. The Bertz CT molecular complexity index is 465. The second-order valence-electron chi connectivity index (χ2n) is 5.04. The van der Waals surface area contributed by atoms with E-state index < -0.39 is 6.04 Å². The number of aliphatic hydroxyl groups excluding tert-OH is 1. The molecule has 0 aliphatic rings. The lowest BCUT2D eigenvalue weighted by atomic mass is 10.0. The summed E-state index contributed by atoms with van der Waals surface area (Å²) < 4.78 is 0. The molecule has 0 saturated carbocycles. The lowest BCUT2D eigenvalue weighted by molar-refractivity contribution is -0.133. The Labute approximate surface area is 124 Å². The average Bonchev–Trinajstić information content (AvgIpc) is 2.46.